The molecule has 0 radical (unpaired) electrons. The van der Waals surface area contributed by atoms with E-state index in [2.05, 4.69) is 9.72 Å². The number of Topliss-reactive ketones (excluding diaryl/α,β-unsaturated/α-hetero) is 1. The SMILES string of the molecule is CCCn1ccnc1CC(=O)CCOCC(F)F. The molecule has 4 nitrogen and oxygen atoms in total. The first-order valence-corrected chi connectivity index (χ1v) is 6.01. The summed E-state index contributed by atoms with van der Waals surface area (Å²) in [4.78, 5) is 15.7. The molecule has 0 N–H and O–H groups in total. The van der Waals surface area contributed by atoms with E-state index in [0.717, 1.165) is 18.8 Å². The molecule has 1 aromatic rings. The molecule has 0 aliphatic rings. The van der Waals surface area contributed by atoms with Crippen molar-refractivity contribution in [2.75, 3.05) is 13.2 Å². The number of ketones is 1. The molecule has 1 aromatic heterocycles. The van der Waals surface area contributed by atoms with Crippen LogP contribution in [0.1, 0.15) is 25.6 Å². The lowest BCUT2D eigenvalue weighted by atomic mass is 10.2. The van der Waals surface area contributed by atoms with Gasteiger partial charge in [0.1, 0.15) is 18.2 Å². The van der Waals surface area contributed by atoms with Gasteiger partial charge in [0.05, 0.1) is 13.0 Å². The van der Waals surface area contributed by atoms with Gasteiger partial charge in [-0.2, -0.15) is 0 Å². The molecule has 6 heteroatoms. The molecule has 102 valence electrons. The second-order valence-electron chi connectivity index (χ2n) is 3.97. The minimum absolute atomic E-state index is 0.0393. The van der Waals surface area contributed by atoms with Gasteiger partial charge < -0.3 is 9.30 Å². The highest BCUT2D eigenvalue weighted by Gasteiger charge is 2.09. The Hall–Kier alpha value is -1.30. The van der Waals surface area contributed by atoms with Crippen LogP contribution in [-0.4, -0.2) is 35.0 Å². The van der Waals surface area contributed by atoms with Crippen molar-refractivity contribution in [2.45, 2.75) is 39.2 Å². The first-order chi connectivity index (χ1) is 8.63. The Morgan fingerprint density at radius 2 is 2.33 bits per heavy atom. The van der Waals surface area contributed by atoms with Crippen LogP contribution in [0.3, 0.4) is 0 Å². The van der Waals surface area contributed by atoms with Gasteiger partial charge in [-0.25, -0.2) is 13.8 Å². The van der Waals surface area contributed by atoms with Gasteiger partial charge in [0.25, 0.3) is 6.43 Å². The Morgan fingerprint density at radius 3 is 3.00 bits per heavy atom. The molecule has 0 fully saturated rings. The van der Waals surface area contributed by atoms with Crippen LogP contribution in [0.4, 0.5) is 8.78 Å². The first kappa shape index (κ1) is 14.8. The van der Waals surface area contributed by atoms with Crippen LogP contribution in [0.25, 0.3) is 0 Å². The summed E-state index contributed by atoms with van der Waals surface area (Å²) in [6.07, 6.45) is 2.35. The van der Waals surface area contributed by atoms with Crippen molar-refractivity contribution in [2.24, 2.45) is 0 Å². The molecular weight excluding hydrogens is 242 g/mol. The van der Waals surface area contributed by atoms with Crippen molar-refractivity contribution in [1.82, 2.24) is 9.55 Å². The topological polar surface area (TPSA) is 44.1 Å². The predicted octanol–water partition coefficient (Wildman–Crippen LogP) is 2.08. The number of imidazole rings is 1. The molecule has 18 heavy (non-hydrogen) atoms. The summed E-state index contributed by atoms with van der Waals surface area (Å²) in [6, 6.07) is 0. The van der Waals surface area contributed by atoms with Crippen molar-refractivity contribution in [3.8, 4) is 0 Å². The van der Waals surface area contributed by atoms with Gasteiger partial charge in [-0.1, -0.05) is 6.92 Å². The second-order valence-corrected chi connectivity index (χ2v) is 3.97. The van der Waals surface area contributed by atoms with Crippen LogP contribution >= 0.6 is 0 Å². The standard InChI is InChI=1S/C12H18F2N2O2/c1-2-5-16-6-4-15-12(16)8-10(17)3-7-18-9-11(13)14/h4,6,11H,2-3,5,7-9H2,1H3. The Labute approximate surface area is 105 Å². The lowest BCUT2D eigenvalue weighted by molar-refractivity contribution is -0.120. The second kappa shape index (κ2) is 7.92. The van der Waals surface area contributed by atoms with Gasteiger partial charge in [0.15, 0.2) is 0 Å². The highest BCUT2D eigenvalue weighted by molar-refractivity contribution is 5.80. The van der Waals surface area contributed by atoms with Crippen LogP contribution in [0.2, 0.25) is 0 Å². The molecule has 0 aromatic carbocycles. The third kappa shape index (κ3) is 5.35. The number of aromatic nitrogens is 2. The number of rotatable bonds is 9. The Balaban J connectivity index is 2.28. The van der Waals surface area contributed by atoms with Crippen molar-refractivity contribution >= 4 is 5.78 Å². The fourth-order valence-electron chi connectivity index (χ4n) is 1.57. The fourth-order valence-corrected chi connectivity index (χ4v) is 1.57. The molecular formula is C12H18F2N2O2. The number of carbonyl (C=O) groups is 1. The third-order valence-electron chi connectivity index (χ3n) is 2.39. The molecule has 1 heterocycles. The summed E-state index contributed by atoms with van der Waals surface area (Å²) < 4.78 is 30.2. The van der Waals surface area contributed by atoms with E-state index in [0.29, 0.717) is 0 Å². The highest BCUT2D eigenvalue weighted by atomic mass is 19.3. The van der Waals surface area contributed by atoms with Crippen LogP contribution in [0, 0.1) is 0 Å². The number of halogens is 2. The van der Waals surface area contributed by atoms with Crippen molar-refractivity contribution in [3.63, 3.8) is 0 Å². The van der Waals surface area contributed by atoms with Crippen LogP contribution in [0.5, 0.6) is 0 Å². The summed E-state index contributed by atoms with van der Waals surface area (Å²) in [6.45, 7) is 2.30. The summed E-state index contributed by atoms with van der Waals surface area (Å²) >= 11 is 0. The van der Waals surface area contributed by atoms with E-state index >= 15 is 0 Å². The summed E-state index contributed by atoms with van der Waals surface area (Å²) in [5.41, 5.74) is 0. The van der Waals surface area contributed by atoms with Gasteiger partial charge in [0.2, 0.25) is 0 Å². The maximum atomic E-state index is 11.8. The van der Waals surface area contributed by atoms with Crippen LogP contribution in [-0.2, 0) is 22.5 Å². The smallest absolute Gasteiger partial charge is 0.261 e. The van der Waals surface area contributed by atoms with E-state index in [4.69, 9.17) is 0 Å². The van der Waals surface area contributed by atoms with E-state index in [9.17, 15) is 13.6 Å². The fraction of sp³-hybridized carbons (Fsp3) is 0.667. The van der Waals surface area contributed by atoms with E-state index in [1.165, 1.54) is 0 Å². The van der Waals surface area contributed by atoms with Crippen molar-refractivity contribution in [3.05, 3.63) is 18.2 Å². The van der Waals surface area contributed by atoms with Gasteiger partial charge in [-0.15, -0.1) is 0 Å². The average molecular weight is 260 g/mol. The zero-order valence-electron chi connectivity index (χ0n) is 10.4. The minimum Gasteiger partial charge on any atom is -0.375 e. The quantitative estimate of drug-likeness (QED) is 0.638. The molecule has 0 saturated carbocycles. The molecule has 1 rings (SSSR count). The Kier molecular flexibility index (Phi) is 6.49. The number of hydrogen-bond donors (Lipinski definition) is 0. The van der Waals surface area contributed by atoms with Crippen LogP contribution in [0.15, 0.2) is 12.4 Å². The van der Waals surface area contributed by atoms with Gasteiger partial charge in [-0.05, 0) is 6.42 Å². The maximum Gasteiger partial charge on any atom is 0.261 e. The zero-order valence-corrected chi connectivity index (χ0v) is 10.4. The molecule has 0 atom stereocenters. The molecule has 0 unspecified atom stereocenters. The maximum absolute atomic E-state index is 11.8. The van der Waals surface area contributed by atoms with E-state index in [1.54, 1.807) is 6.20 Å². The van der Waals surface area contributed by atoms with Crippen LogP contribution < -0.4 is 0 Å². The van der Waals surface area contributed by atoms with Crippen molar-refractivity contribution < 1.29 is 18.3 Å². The Morgan fingerprint density at radius 1 is 1.56 bits per heavy atom. The monoisotopic (exact) mass is 260 g/mol. The number of alkyl halides is 2. The number of aryl methyl sites for hydroxylation is 1. The van der Waals surface area contributed by atoms with Crippen molar-refractivity contribution in [1.29, 1.82) is 0 Å². The summed E-state index contributed by atoms with van der Waals surface area (Å²) in [5.74, 6) is 0.670. The number of carbonyl (C=O) groups excluding carboxylic acids is 1. The predicted molar refractivity (Wildman–Crippen MR) is 62.7 cm³/mol. The molecule has 0 amide bonds. The average Bonchev–Trinajstić information content (AvgIpc) is 2.72. The van der Waals surface area contributed by atoms with Gasteiger partial charge in [-0.3, -0.25) is 4.79 Å². The first-order valence-electron chi connectivity index (χ1n) is 6.01. The highest BCUT2D eigenvalue weighted by Crippen LogP contribution is 2.03. The molecule has 0 saturated heterocycles. The van der Waals surface area contributed by atoms with E-state index < -0.39 is 13.0 Å². The third-order valence-corrected chi connectivity index (χ3v) is 2.39. The number of hydrogen-bond acceptors (Lipinski definition) is 3. The normalized spacial score (nSPS) is 11.1. The zero-order chi connectivity index (χ0) is 13.4. The minimum atomic E-state index is -2.48. The van der Waals surface area contributed by atoms with Gasteiger partial charge >= 0.3 is 0 Å². The lowest BCUT2D eigenvalue weighted by Crippen LogP contribution is -2.13. The molecule has 0 aliphatic heterocycles. The van der Waals surface area contributed by atoms with Gasteiger partial charge in [0, 0.05) is 25.4 Å². The molecule has 0 aliphatic carbocycles. The summed E-state index contributed by atoms with van der Waals surface area (Å²) in [5, 5.41) is 0. The number of ether oxygens (including phenoxy) is 1. The molecule has 0 spiro atoms. The lowest BCUT2D eigenvalue weighted by Gasteiger charge is -2.06. The van der Waals surface area contributed by atoms with E-state index in [1.807, 2.05) is 17.7 Å². The number of nitrogens with zero attached hydrogens (tertiary/aromatic N) is 2. The molecule has 0 bridgehead atoms. The Bertz CT molecular complexity index is 367. The van der Waals surface area contributed by atoms with E-state index in [-0.39, 0.29) is 25.2 Å². The largest absolute Gasteiger partial charge is 0.375 e. The summed E-state index contributed by atoms with van der Waals surface area (Å²) in [7, 11) is 0.